The Morgan fingerprint density at radius 2 is 1.68 bits per heavy atom. The molecule has 1 N–H and O–H groups in total. The molecule has 2 nitrogen and oxygen atoms in total. The summed E-state index contributed by atoms with van der Waals surface area (Å²) in [5.74, 6) is 0.493. The topological polar surface area (TPSA) is 33.1 Å². The molecule has 3 rings (SSSR count). The van der Waals surface area contributed by atoms with Crippen molar-refractivity contribution in [2.75, 3.05) is 0 Å². The Hall–Kier alpha value is -1.40. The highest BCUT2D eigenvalue weighted by atomic mass is 32.1. The van der Waals surface area contributed by atoms with E-state index in [1.165, 1.54) is 36.3 Å². The van der Waals surface area contributed by atoms with Crippen molar-refractivity contribution < 1.29 is 18.3 Å². The predicted octanol–water partition coefficient (Wildman–Crippen LogP) is 5.94. The average molecular weight is 369 g/mol. The number of nitrogens with zero attached hydrogens (tertiary/aromatic N) is 1. The van der Waals surface area contributed by atoms with Crippen LogP contribution < -0.4 is 0 Å². The van der Waals surface area contributed by atoms with Gasteiger partial charge in [-0.25, -0.2) is 4.98 Å². The van der Waals surface area contributed by atoms with Crippen LogP contribution in [-0.2, 0) is 5.60 Å². The van der Waals surface area contributed by atoms with E-state index in [4.69, 9.17) is 0 Å². The summed E-state index contributed by atoms with van der Waals surface area (Å²) in [6.45, 7) is 2.74. The number of aryl methyl sites for hydroxylation is 1. The number of thiazole rings is 1. The van der Waals surface area contributed by atoms with Crippen LogP contribution in [0.25, 0.3) is 11.3 Å². The van der Waals surface area contributed by atoms with Gasteiger partial charge < -0.3 is 5.11 Å². The van der Waals surface area contributed by atoms with E-state index in [2.05, 4.69) is 4.98 Å². The van der Waals surface area contributed by atoms with E-state index in [0.717, 1.165) is 36.0 Å². The third-order valence-electron chi connectivity index (χ3n) is 5.01. The van der Waals surface area contributed by atoms with Gasteiger partial charge in [-0.1, -0.05) is 43.5 Å². The molecule has 1 aliphatic rings. The van der Waals surface area contributed by atoms with E-state index in [1.54, 1.807) is 23.5 Å². The number of alkyl halides is 3. The molecule has 0 aliphatic heterocycles. The predicted molar refractivity (Wildman–Crippen MR) is 93.7 cm³/mol. The minimum absolute atomic E-state index is 0.157. The molecule has 1 atom stereocenters. The van der Waals surface area contributed by atoms with Gasteiger partial charge in [-0.05, 0) is 38.2 Å². The summed E-state index contributed by atoms with van der Waals surface area (Å²) >= 11 is 1.69. The van der Waals surface area contributed by atoms with E-state index >= 15 is 0 Å². The van der Waals surface area contributed by atoms with Gasteiger partial charge in [0.2, 0.25) is 0 Å². The summed E-state index contributed by atoms with van der Waals surface area (Å²) in [6, 6.07) is 5.97. The van der Waals surface area contributed by atoms with Crippen molar-refractivity contribution in [1.82, 2.24) is 4.98 Å². The van der Waals surface area contributed by atoms with Crippen molar-refractivity contribution in [2.24, 2.45) is 0 Å². The maximum absolute atomic E-state index is 13.0. The van der Waals surface area contributed by atoms with Crippen LogP contribution in [-0.4, -0.2) is 16.3 Å². The Labute approximate surface area is 149 Å². The first-order valence-electron chi connectivity index (χ1n) is 8.57. The fourth-order valence-electron chi connectivity index (χ4n) is 3.41. The van der Waals surface area contributed by atoms with Crippen LogP contribution in [0, 0.1) is 6.92 Å². The van der Waals surface area contributed by atoms with Crippen LogP contribution in [0.3, 0.4) is 0 Å². The fourth-order valence-corrected chi connectivity index (χ4v) is 4.53. The molecule has 0 bridgehead atoms. The summed E-state index contributed by atoms with van der Waals surface area (Å²) in [6.07, 6.45) is 1.29. The average Bonchev–Trinajstić information content (AvgIpc) is 2.97. The third kappa shape index (κ3) is 3.60. The van der Waals surface area contributed by atoms with E-state index in [-0.39, 0.29) is 5.56 Å². The Morgan fingerprint density at radius 1 is 1.08 bits per heavy atom. The van der Waals surface area contributed by atoms with Gasteiger partial charge in [0.1, 0.15) is 0 Å². The molecule has 1 fully saturated rings. The van der Waals surface area contributed by atoms with Crippen molar-refractivity contribution in [1.29, 1.82) is 0 Å². The van der Waals surface area contributed by atoms with Gasteiger partial charge in [0.05, 0.1) is 10.7 Å². The lowest BCUT2D eigenvalue weighted by Crippen LogP contribution is -2.39. The molecule has 2 aromatic rings. The van der Waals surface area contributed by atoms with Gasteiger partial charge in [-0.2, -0.15) is 13.2 Å². The highest BCUT2D eigenvalue weighted by Crippen LogP contribution is 2.42. The highest BCUT2D eigenvalue weighted by molar-refractivity contribution is 7.12. The molecule has 1 saturated carbocycles. The molecule has 1 aromatic carbocycles. The van der Waals surface area contributed by atoms with Gasteiger partial charge in [0, 0.05) is 10.4 Å². The van der Waals surface area contributed by atoms with Crippen LogP contribution in [0.2, 0.25) is 0 Å². The number of aliphatic hydroxyl groups is 1. The number of rotatable bonds is 3. The minimum Gasteiger partial charge on any atom is -0.376 e. The van der Waals surface area contributed by atoms with Gasteiger partial charge in [0.25, 0.3) is 0 Å². The van der Waals surface area contributed by atoms with Crippen molar-refractivity contribution in [3.63, 3.8) is 0 Å². The maximum Gasteiger partial charge on any atom is 0.421 e. The lowest BCUT2D eigenvalue weighted by Gasteiger charge is -2.26. The van der Waals surface area contributed by atoms with Gasteiger partial charge >= 0.3 is 6.18 Å². The molecule has 0 spiro atoms. The molecule has 1 unspecified atom stereocenters. The molecule has 0 saturated heterocycles. The molecule has 1 aliphatic carbocycles. The van der Waals surface area contributed by atoms with E-state index in [9.17, 15) is 18.3 Å². The normalized spacial score (nSPS) is 19.0. The second-order valence-electron chi connectivity index (χ2n) is 6.93. The Bertz CT molecular complexity index is 728. The van der Waals surface area contributed by atoms with Crippen LogP contribution in [0.4, 0.5) is 13.2 Å². The molecular weight excluding hydrogens is 347 g/mol. The first kappa shape index (κ1) is 18.4. The first-order valence-corrected chi connectivity index (χ1v) is 9.39. The Morgan fingerprint density at radius 3 is 2.24 bits per heavy atom. The second kappa shape index (κ2) is 6.72. The zero-order chi connectivity index (χ0) is 18.2. The Kier molecular flexibility index (Phi) is 4.95. The maximum atomic E-state index is 13.0. The van der Waals surface area contributed by atoms with Crippen LogP contribution in [0.15, 0.2) is 24.3 Å². The number of aromatic nitrogens is 1. The van der Waals surface area contributed by atoms with E-state index in [1.807, 2.05) is 6.92 Å². The summed E-state index contributed by atoms with van der Waals surface area (Å²) in [5, 5.41) is 10.8. The first-order chi connectivity index (χ1) is 11.7. The zero-order valence-corrected chi connectivity index (χ0v) is 15.2. The van der Waals surface area contributed by atoms with Crippen LogP contribution in [0.5, 0.6) is 0 Å². The van der Waals surface area contributed by atoms with Crippen molar-refractivity contribution in [3.8, 4) is 11.3 Å². The summed E-state index contributed by atoms with van der Waals surface area (Å²) < 4.78 is 39.0. The van der Waals surface area contributed by atoms with Crippen molar-refractivity contribution in [3.05, 3.63) is 39.7 Å². The molecule has 25 heavy (non-hydrogen) atoms. The number of halogens is 3. The number of hydrogen-bond donors (Lipinski definition) is 1. The second-order valence-corrected chi connectivity index (χ2v) is 8.16. The van der Waals surface area contributed by atoms with Gasteiger partial charge in [-0.3, -0.25) is 0 Å². The molecule has 6 heteroatoms. The molecule has 1 heterocycles. The zero-order valence-electron chi connectivity index (χ0n) is 14.4. The van der Waals surface area contributed by atoms with Gasteiger partial charge in [0.15, 0.2) is 5.60 Å². The highest BCUT2D eigenvalue weighted by Gasteiger charge is 2.51. The monoisotopic (exact) mass is 369 g/mol. The SMILES string of the molecule is Cc1nc(-c2ccc(C(C)(O)C(F)(F)F)cc2)c(C2CCCCC2)s1. The molecule has 0 radical (unpaired) electrons. The Balaban J connectivity index is 1.93. The minimum atomic E-state index is -4.71. The molecular formula is C19H22F3NOS. The fraction of sp³-hybridized carbons (Fsp3) is 0.526. The summed E-state index contributed by atoms with van der Waals surface area (Å²) in [7, 11) is 0. The smallest absolute Gasteiger partial charge is 0.376 e. The quantitative estimate of drug-likeness (QED) is 0.727. The van der Waals surface area contributed by atoms with E-state index in [0.29, 0.717) is 5.92 Å². The summed E-state index contributed by atoms with van der Waals surface area (Å²) in [5.41, 5.74) is -1.32. The molecule has 0 amide bonds. The van der Waals surface area contributed by atoms with Crippen molar-refractivity contribution in [2.45, 2.75) is 63.6 Å². The van der Waals surface area contributed by atoms with Gasteiger partial charge in [-0.15, -0.1) is 11.3 Å². The van der Waals surface area contributed by atoms with Crippen LogP contribution in [0.1, 0.15) is 60.4 Å². The summed E-state index contributed by atoms with van der Waals surface area (Å²) in [4.78, 5) is 5.87. The third-order valence-corrected chi connectivity index (χ3v) is 6.14. The standard InChI is InChI=1S/C19H22F3NOS/c1-12-23-16(17(25-12)14-6-4-3-5-7-14)13-8-10-15(11-9-13)18(2,24)19(20,21)22/h8-11,14,24H,3-7H2,1-2H3. The number of benzene rings is 1. The van der Waals surface area contributed by atoms with E-state index < -0.39 is 11.8 Å². The van der Waals surface area contributed by atoms with Crippen molar-refractivity contribution >= 4 is 11.3 Å². The lowest BCUT2D eigenvalue weighted by atomic mass is 9.86. The van der Waals surface area contributed by atoms with Crippen LogP contribution >= 0.6 is 11.3 Å². The molecule has 136 valence electrons. The molecule has 1 aromatic heterocycles. The number of hydrogen-bond acceptors (Lipinski definition) is 3. The largest absolute Gasteiger partial charge is 0.421 e. The lowest BCUT2D eigenvalue weighted by molar-refractivity contribution is -0.258.